The van der Waals surface area contributed by atoms with Gasteiger partial charge in [-0.15, -0.1) is 0 Å². The van der Waals surface area contributed by atoms with Crippen LogP contribution in [0.25, 0.3) is 0 Å². The van der Waals surface area contributed by atoms with Gasteiger partial charge in [0.25, 0.3) is 0 Å². The highest BCUT2D eigenvalue weighted by Gasteiger charge is 2.18. The second-order valence-electron chi connectivity index (χ2n) is 4.49. The number of aliphatic carboxylic acids is 1. The second kappa shape index (κ2) is 6.16. The minimum Gasteiger partial charge on any atom is -0.481 e. The molecule has 1 aliphatic rings. The minimum atomic E-state index is -0.754. The molecule has 2 rings (SSSR count). The van der Waals surface area contributed by atoms with Gasteiger partial charge in [-0.05, 0) is 12.1 Å². The molecule has 0 aromatic carbocycles. The first-order valence-electron chi connectivity index (χ1n) is 6.24. The van der Waals surface area contributed by atoms with Gasteiger partial charge in [0, 0.05) is 38.9 Å². The Morgan fingerprint density at radius 3 is 2.63 bits per heavy atom. The number of carboxylic acid groups (broad SMARTS) is 1. The Balaban J connectivity index is 1.85. The van der Waals surface area contributed by atoms with Crippen molar-refractivity contribution < 1.29 is 9.90 Å². The molecule has 2 heterocycles. The van der Waals surface area contributed by atoms with Crippen molar-refractivity contribution in [2.24, 2.45) is 0 Å². The summed E-state index contributed by atoms with van der Waals surface area (Å²) in [6.07, 6.45) is 1.77. The molecule has 1 aliphatic heterocycles. The Morgan fingerprint density at radius 2 is 2.11 bits per heavy atom. The number of aromatic nitrogens is 1. The SMILES string of the molecule is N#Cc1ccc(N2CCN(CCC(=O)O)CC2)nc1. The third-order valence-corrected chi connectivity index (χ3v) is 3.22. The van der Waals surface area contributed by atoms with Crippen LogP contribution >= 0.6 is 0 Å². The van der Waals surface area contributed by atoms with Gasteiger partial charge < -0.3 is 10.0 Å². The summed E-state index contributed by atoms with van der Waals surface area (Å²) in [5.74, 6) is 0.119. The van der Waals surface area contributed by atoms with E-state index in [9.17, 15) is 4.79 Å². The fourth-order valence-corrected chi connectivity index (χ4v) is 2.09. The zero-order valence-corrected chi connectivity index (χ0v) is 10.6. The Bertz CT molecular complexity index is 472. The molecule has 1 aromatic rings. The lowest BCUT2D eigenvalue weighted by atomic mass is 10.2. The van der Waals surface area contributed by atoms with E-state index in [2.05, 4.69) is 14.8 Å². The van der Waals surface area contributed by atoms with Gasteiger partial charge in [0.2, 0.25) is 0 Å². The van der Waals surface area contributed by atoms with E-state index >= 15 is 0 Å². The van der Waals surface area contributed by atoms with Crippen molar-refractivity contribution in [2.75, 3.05) is 37.6 Å². The summed E-state index contributed by atoms with van der Waals surface area (Å²) in [5.41, 5.74) is 0.559. The normalized spacial score (nSPS) is 16.1. The maximum absolute atomic E-state index is 10.5. The third-order valence-electron chi connectivity index (χ3n) is 3.22. The van der Waals surface area contributed by atoms with E-state index in [-0.39, 0.29) is 6.42 Å². The number of hydrogen-bond acceptors (Lipinski definition) is 5. The lowest BCUT2D eigenvalue weighted by molar-refractivity contribution is -0.137. The van der Waals surface area contributed by atoms with Gasteiger partial charge in [-0.3, -0.25) is 9.69 Å². The lowest BCUT2D eigenvalue weighted by Gasteiger charge is -2.35. The zero-order valence-electron chi connectivity index (χ0n) is 10.6. The molecule has 0 amide bonds. The first kappa shape index (κ1) is 13.3. The molecular weight excluding hydrogens is 244 g/mol. The average Bonchev–Trinajstić information content (AvgIpc) is 2.46. The van der Waals surface area contributed by atoms with Crippen molar-refractivity contribution in [1.29, 1.82) is 5.26 Å². The van der Waals surface area contributed by atoms with Crippen molar-refractivity contribution in [3.8, 4) is 6.07 Å². The molecule has 1 fully saturated rings. The molecule has 0 unspecified atom stereocenters. The van der Waals surface area contributed by atoms with Gasteiger partial charge in [0.1, 0.15) is 11.9 Å². The third kappa shape index (κ3) is 3.66. The lowest BCUT2D eigenvalue weighted by Crippen LogP contribution is -2.47. The fraction of sp³-hybridized carbons (Fsp3) is 0.462. The molecule has 0 bridgehead atoms. The number of piperazine rings is 1. The van der Waals surface area contributed by atoms with E-state index in [0.29, 0.717) is 12.1 Å². The molecule has 0 aliphatic carbocycles. The molecule has 0 spiro atoms. The smallest absolute Gasteiger partial charge is 0.304 e. The molecule has 0 atom stereocenters. The number of anilines is 1. The number of hydrogen-bond donors (Lipinski definition) is 1. The number of rotatable bonds is 4. The Kier molecular flexibility index (Phi) is 4.31. The number of carbonyl (C=O) groups is 1. The van der Waals surface area contributed by atoms with Crippen LogP contribution in [-0.2, 0) is 4.79 Å². The zero-order chi connectivity index (χ0) is 13.7. The Labute approximate surface area is 111 Å². The summed E-state index contributed by atoms with van der Waals surface area (Å²) >= 11 is 0. The summed E-state index contributed by atoms with van der Waals surface area (Å²) in [6.45, 7) is 3.95. The van der Waals surface area contributed by atoms with Crippen LogP contribution in [0.5, 0.6) is 0 Å². The predicted molar refractivity (Wildman–Crippen MR) is 69.9 cm³/mol. The van der Waals surface area contributed by atoms with Crippen molar-refractivity contribution >= 4 is 11.8 Å². The summed E-state index contributed by atoms with van der Waals surface area (Å²) < 4.78 is 0. The Hall–Kier alpha value is -2.13. The van der Waals surface area contributed by atoms with Gasteiger partial charge in [-0.1, -0.05) is 0 Å². The number of carboxylic acids is 1. The van der Waals surface area contributed by atoms with Crippen LogP contribution in [0.3, 0.4) is 0 Å². The largest absolute Gasteiger partial charge is 0.481 e. The average molecular weight is 260 g/mol. The number of nitriles is 1. The Morgan fingerprint density at radius 1 is 1.37 bits per heavy atom. The topological polar surface area (TPSA) is 80.5 Å². The van der Waals surface area contributed by atoms with Gasteiger partial charge in [0.15, 0.2) is 0 Å². The number of pyridine rings is 1. The summed E-state index contributed by atoms with van der Waals surface area (Å²) in [4.78, 5) is 19.1. The molecule has 1 N–H and O–H groups in total. The molecule has 6 nitrogen and oxygen atoms in total. The maximum Gasteiger partial charge on any atom is 0.304 e. The predicted octanol–water partition coefficient (Wildman–Crippen LogP) is 0.550. The highest BCUT2D eigenvalue weighted by atomic mass is 16.4. The van der Waals surface area contributed by atoms with E-state index in [1.165, 1.54) is 0 Å². The van der Waals surface area contributed by atoms with Crippen LogP contribution in [0.2, 0.25) is 0 Å². The van der Waals surface area contributed by atoms with E-state index in [1.54, 1.807) is 12.3 Å². The van der Waals surface area contributed by atoms with Crippen LogP contribution in [0, 0.1) is 11.3 Å². The first-order chi connectivity index (χ1) is 9.19. The van der Waals surface area contributed by atoms with Crippen molar-refractivity contribution in [2.45, 2.75) is 6.42 Å². The van der Waals surface area contributed by atoms with Gasteiger partial charge >= 0.3 is 5.97 Å². The summed E-state index contributed by atoms with van der Waals surface area (Å²) in [6, 6.07) is 5.66. The van der Waals surface area contributed by atoms with E-state index < -0.39 is 5.97 Å². The number of nitrogens with zero attached hydrogens (tertiary/aromatic N) is 4. The molecule has 100 valence electrons. The van der Waals surface area contributed by atoms with Gasteiger partial charge in [0.05, 0.1) is 12.0 Å². The molecule has 0 radical (unpaired) electrons. The van der Waals surface area contributed by atoms with Crippen LogP contribution in [0.15, 0.2) is 18.3 Å². The molecule has 6 heteroatoms. The molecule has 19 heavy (non-hydrogen) atoms. The van der Waals surface area contributed by atoms with Gasteiger partial charge in [-0.2, -0.15) is 5.26 Å². The van der Waals surface area contributed by atoms with Crippen molar-refractivity contribution in [3.63, 3.8) is 0 Å². The van der Waals surface area contributed by atoms with Crippen molar-refractivity contribution in [3.05, 3.63) is 23.9 Å². The second-order valence-corrected chi connectivity index (χ2v) is 4.49. The van der Waals surface area contributed by atoms with Gasteiger partial charge in [-0.25, -0.2) is 4.98 Å². The minimum absolute atomic E-state index is 0.190. The fourth-order valence-electron chi connectivity index (χ4n) is 2.09. The standard InChI is InChI=1S/C13H16N4O2/c14-9-11-1-2-12(15-10-11)17-7-5-16(6-8-17)4-3-13(18)19/h1-2,10H,3-8H2,(H,18,19). The van der Waals surface area contributed by atoms with E-state index in [4.69, 9.17) is 10.4 Å². The van der Waals surface area contributed by atoms with Crippen LogP contribution in [0.1, 0.15) is 12.0 Å². The summed E-state index contributed by atoms with van der Waals surface area (Å²) in [5, 5.41) is 17.4. The van der Waals surface area contributed by atoms with Crippen molar-refractivity contribution in [1.82, 2.24) is 9.88 Å². The molecule has 1 saturated heterocycles. The van der Waals surface area contributed by atoms with Crippen LogP contribution < -0.4 is 4.90 Å². The highest BCUT2D eigenvalue weighted by molar-refractivity contribution is 5.66. The molecule has 0 saturated carbocycles. The first-order valence-corrected chi connectivity index (χ1v) is 6.24. The molecular formula is C13H16N4O2. The van der Waals surface area contributed by atoms with E-state index in [1.807, 2.05) is 12.1 Å². The monoisotopic (exact) mass is 260 g/mol. The maximum atomic E-state index is 10.5. The van der Waals surface area contributed by atoms with Crippen LogP contribution in [0.4, 0.5) is 5.82 Å². The quantitative estimate of drug-likeness (QED) is 0.851. The molecule has 1 aromatic heterocycles. The summed E-state index contributed by atoms with van der Waals surface area (Å²) in [7, 11) is 0. The van der Waals surface area contributed by atoms with E-state index in [0.717, 1.165) is 32.0 Å². The van der Waals surface area contributed by atoms with Crippen LogP contribution in [-0.4, -0.2) is 53.7 Å². The highest BCUT2D eigenvalue weighted by Crippen LogP contribution is 2.13.